The predicted octanol–water partition coefficient (Wildman–Crippen LogP) is 22.4. The number of esters is 2. The van der Waals surface area contributed by atoms with Crippen LogP contribution in [-0.4, -0.2) is 75.4 Å². The van der Waals surface area contributed by atoms with E-state index in [9.17, 15) is 36.6 Å². The van der Waals surface area contributed by atoms with Gasteiger partial charge in [0.25, 0.3) is 0 Å². The Labute approximate surface area is 627 Å². The number of nitrogens with zero attached hydrogens (tertiary/aromatic N) is 5. The van der Waals surface area contributed by atoms with Gasteiger partial charge < -0.3 is 44.8 Å². The standard InChI is InChI=1S/C20H17FN2O2.C20H15FN2O2.C19H18FN3.C18H15FN2O.C9H4BrFN2/c2*1-3-25-19(24)11-15(13-7-5-4-6-8-13)14-9-16-18(22-2)12-23-20(16)17(21)10-14;1-21-9-8-15(13-6-4-3-5-7-13)14-10-16-18(22-2)12-23-19(16)17(20)11-14;1-20-17-11-21-18-15(17)9-13(10-16(18)19)14(7-8-22)12-5-3-2-4-6-12;1-12-8-4-13-9-6(8)2-5(10)3-7(9)11/h4-10,12,15,23H,3,11H2,1H3;4-12,23H,3H2,1H3;3-7,10-12,15,21,23H,8-9H2,1H3;2-6,9-11,14,21-22H,7-8H2;2-4,13H/b;15-11-;;;. The van der Waals surface area contributed by atoms with Crippen LogP contribution in [0.25, 0.3) is 84.3 Å². The molecule has 0 fully saturated rings. The molecule has 7 N–H and O–H groups in total. The number of carbonyl (C=O) groups is 2. The van der Waals surface area contributed by atoms with E-state index >= 15 is 0 Å². The molecule has 9 aromatic carbocycles. The van der Waals surface area contributed by atoms with Crippen molar-refractivity contribution in [3.8, 4) is 0 Å². The number of benzene rings is 9. The third kappa shape index (κ3) is 18.3. The summed E-state index contributed by atoms with van der Waals surface area (Å²) in [5, 5.41) is 15.4. The van der Waals surface area contributed by atoms with Crippen LogP contribution < -0.4 is 5.32 Å². The maximum absolute atomic E-state index is 14.5. The molecule has 14 rings (SSSR count). The number of aliphatic hydroxyl groups excluding tert-OH is 1. The van der Waals surface area contributed by atoms with Crippen molar-refractivity contribution in [1.29, 1.82) is 0 Å². The van der Waals surface area contributed by atoms with Crippen LogP contribution >= 0.6 is 15.9 Å². The second-order valence-corrected chi connectivity index (χ2v) is 25.3. The van der Waals surface area contributed by atoms with Crippen molar-refractivity contribution in [1.82, 2.24) is 30.2 Å². The molecular formula is C86H69BrF5N11O5. The van der Waals surface area contributed by atoms with Gasteiger partial charge in [0.2, 0.25) is 28.4 Å². The fourth-order valence-electron chi connectivity index (χ4n) is 12.7. The summed E-state index contributed by atoms with van der Waals surface area (Å²) in [7, 11) is 1.91. The number of nitrogens with one attached hydrogen (secondary N) is 6. The minimum absolute atomic E-state index is 0.0159. The first-order valence-corrected chi connectivity index (χ1v) is 34.8. The number of carbonyl (C=O) groups excluding carboxylic acids is 2. The highest BCUT2D eigenvalue weighted by molar-refractivity contribution is 9.10. The minimum Gasteiger partial charge on any atom is -0.466 e. The molecule has 22 heteroatoms. The number of aromatic nitrogens is 5. The molecule has 0 radical (unpaired) electrons. The van der Waals surface area contributed by atoms with Crippen molar-refractivity contribution in [3.63, 3.8) is 0 Å². The first-order chi connectivity index (χ1) is 52.5. The monoisotopic (exact) mass is 1510 g/mol. The van der Waals surface area contributed by atoms with E-state index in [2.05, 4.69) is 82.5 Å². The average Bonchev–Trinajstić information content (AvgIpc) is 1.59. The zero-order valence-corrected chi connectivity index (χ0v) is 60.1. The van der Waals surface area contributed by atoms with Gasteiger partial charge in [-0.05, 0) is 127 Å². The molecule has 5 aromatic heterocycles. The second kappa shape index (κ2) is 37.0. The summed E-state index contributed by atoms with van der Waals surface area (Å²) >= 11 is 3.17. The Balaban J connectivity index is 0.000000146. The van der Waals surface area contributed by atoms with E-state index in [4.69, 9.17) is 42.3 Å². The average molecular weight is 1510 g/mol. The van der Waals surface area contributed by atoms with Crippen LogP contribution in [0.5, 0.6) is 0 Å². The number of H-pyrrole nitrogens is 5. The zero-order valence-electron chi connectivity index (χ0n) is 58.6. The maximum Gasteiger partial charge on any atom is 0.331 e. The molecule has 0 bridgehead atoms. The zero-order chi connectivity index (χ0) is 76.8. The summed E-state index contributed by atoms with van der Waals surface area (Å²) < 4.78 is 81.7. The van der Waals surface area contributed by atoms with E-state index in [0.29, 0.717) is 112 Å². The lowest BCUT2D eigenvalue weighted by atomic mass is 9.88. The number of aromatic amines is 5. The van der Waals surface area contributed by atoms with Gasteiger partial charge in [-0.3, -0.25) is 4.79 Å². The largest absolute Gasteiger partial charge is 0.466 e. The lowest BCUT2D eigenvalue weighted by Gasteiger charge is -2.18. The molecule has 0 saturated carbocycles. The second-order valence-electron chi connectivity index (χ2n) is 24.4. The van der Waals surface area contributed by atoms with E-state index in [-0.39, 0.29) is 66.3 Å². The molecule has 0 amide bonds. The van der Waals surface area contributed by atoms with Gasteiger partial charge >= 0.3 is 11.9 Å². The van der Waals surface area contributed by atoms with Crippen LogP contribution in [0.4, 0.5) is 50.4 Å². The molecule has 14 aromatic rings. The Morgan fingerprint density at radius 2 is 0.787 bits per heavy atom. The van der Waals surface area contributed by atoms with Crippen molar-refractivity contribution in [2.75, 3.05) is 33.4 Å². The van der Waals surface area contributed by atoms with Crippen molar-refractivity contribution in [3.05, 3.63) is 354 Å². The number of aliphatic hydroxyl groups is 1. The third-order valence-corrected chi connectivity index (χ3v) is 18.2. The van der Waals surface area contributed by atoms with Gasteiger partial charge in [0, 0.05) is 92.8 Å². The summed E-state index contributed by atoms with van der Waals surface area (Å²) in [6.07, 6.45) is 10.4. The summed E-state index contributed by atoms with van der Waals surface area (Å²) in [6.45, 7) is 40.6. The maximum atomic E-state index is 14.5. The first-order valence-electron chi connectivity index (χ1n) is 34.0. The fraction of sp³-hybridized carbons (Fsp3) is 0.151. The molecule has 0 aliphatic carbocycles. The lowest BCUT2D eigenvalue weighted by Crippen LogP contribution is -2.13. The Morgan fingerprint density at radius 1 is 0.444 bits per heavy atom. The number of hydrogen-bond donors (Lipinski definition) is 7. The third-order valence-electron chi connectivity index (χ3n) is 17.8. The van der Waals surface area contributed by atoms with Gasteiger partial charge in [-0.2, -0.15) is 0 Å². The molecular weight excluding hydrogens is 1440 g/mol. The Kier molecular flexibility index (Phi) is 26.6. The normalized spacial score (nSPS) is 11.7. The van der Waals surface area contributed by atoms with Crippen LogP contribution in [0.2, 0.25) is 0 Å². The molecule has 0 saturated heterocycles. The molecule has 5 heterocycles. The molecule has 3 atom stereocenters. The van der Waals surface area contributed by atoms with E-state index < -0.39 is 17.6 Å². The number of rotatable bonds is 18. The van der Waals surface area contributed by atoms with Crippen molar-refractivity contribution in [2.24, 2.45) is 0 Å². The van der Waals surface area contributed by atoms with E-state index in [0.717, 1.165) is 46.3 Å². The van der Waals surface area contributed by atoms with Crippen molar-refractivity contribution >= 4 is 116 Å². The van der Waals surface area contributed by atoms with Crippen LogP contribution in [0.15, 0.2) is 224 Å². The predicted molar refractivity (Wildman–Crippen MR) is 417 cm³/mol. The van der Waals surface area contributed by atoms with Crippen LogP contribution in [-0.2, 0) is 19.1 Å². The van der Waals surface area contributed by atoms with Crippen LogP contribution in [0.3, 0.4) is 0 Å². The molecule has 0 spiro atoms. The Hall–Kier alpha value is -13.1. The highest BCUT2D eigenvalue weighted by Crippen LogP contribution is 2.40. The Morgan fingerprint density at radius 3 is 1.17 bits per heavy atom. The van der Waals surface area contributed by atoms with E-state index in [1.165, 1.54) is 55.1 Å². The smallest absolute Gasteiger partial charge is 0.331 e. The number of ether oxygens (including phenoxy) is 2. The Bertz CT molecular complexity index is 5760. The van der Waals surface area contributed by atoms with Gasteiger partial charge in [0.1, 0.15) is 29.1 Å². The molecule has 108 heavy (non-hydrogen) atoms. The minimum atomic E-state index is -0.499. The van der Waals surface area contributed by atoms with Gasteiger partial charge in [-0.1, -0.05) is 162 Å². The molecule has 0 aliphatic heterocycles. The highest BCUT2D eigenvalue weighted by Gasteiger charge is 2.24. The highest BCUT2D eigenvalue weighted by atomic mass is 79.9. The van der Waals surface area contributed by atoms with Gasteiger partial charge in [-0.25, -0.2) is 51.0 Å². The van der Waals surface area contributed by atoms with Gasteiger partial charge in [-0.15, -0.1) is 0 Å². The first kappa shape index (κ1) is 77.5. The molecule has 0 aliphatic rings. The number of hydrogen-bond acceptors (Lipinski definition) is 6. The van der Waals surface area contributed by atoms with E-state index in [1.54, 1.807) is 44.3 Å². The van der Waals surface area contributed by atoms with Gasteiger partial charge in [0.15, 0.2) is 0 Å². The van der Waals surface area contributed by atoms with Crippen LogP contribution in [0.1, 0.15) is 95.4 Å². The summed E-state index contributed by atoms with van der Waals surface area (Å²) in [4.78, 5) is 55.0. The van der Waals surface area contributed by atoms with Gasteiger partial charge in [0.05, 0.1) is 80.1 Å². The fourth-order valence-corrected chi connectivity index (χ4v) is 13.1. The van der Waals surface area contributed by atoms with Crippen LogP contribution in [0, 0.1) is 61.9 Å². The van der Waals surface area contributed by atoms with Crippen molar-refractivity contribution in [2.45, 2.75) is 50.9 Å². The summed E-state index contributed by atoms with van der Waals surface area (Å²) in [6, 6.07) is 54.7. The quantitative estimate of drug-likeness (QED) is 0.0194. The molecule has 540 valence electrons. The lowest BCUT2D eigenvalue weighted by molar-refractivity contribution is -0.143. The van der Waals surface area contributed by atoms with E-state index in [1.807, 2.05) is 128 Å². The number of fused-ring (bicyclic) bond motifs is 5. The molecule has 3 unspecified atom stereocenters. The van der Waals surface area contributed by atoms with Crippen molar-refractivity contribution < 1.29 is 46.1 Å². The SMILES string of the molecule is [C-]#[N+]c1c[nH]c2c(F)cc(/C(=C\C(=O)OCC)c3ccccc3)cc12.[C-]#[N+]c1c[nH]c2c(F)cc(Br)cc12.[C-]#[N+]c1c[nH]c2c(F)cc(C(CC(=O)OCC)c3ccccc3)cc12.[C-]#[N+]c1c[nH]c2c(F)cc(C(CCNC)c3ccccc3)cc12.[C-]#[N+]c1c[nH]c2c(F)cc(C(CCO)c3ccccc3)cc12. The molecule has 16 nitrogen and oxygen atoms in total. The number of halogens is 6. The topological polar surface area (TPSA) is 186 Å². The summed E-state index contributed by atoms with van der Waals surface area (Å²) in [5.74, 6) is -3.13. The summed E-state index contributed by atoms with van der Waals surface area (Å²) in [5.41, 5.74) is 10.9.